The van der Waals surface area contributed by atoms with Crippen LogP contribution >= 0.6 is 23.2 Å². The van der Waals surface area contributed by atoms with Crippen molar-refractivity contribution in [2.24, 2.45) is 0 Å². The van der Waals surface area contributed by atoms with Gasteiger partial charge in [0.25, 0.3) is 0 Å². The number of carbonyl (C=O) groups excluding carboxylic acids is 1. The van der Waals surface area contributed by atoms with Gasteiger partial charge in [-0.3, -0.25) is 4.79 Å². The average molecular weight is 245 g/mol. The molecule has 0 aliphatic carbocycles. The third-order valence-corrected chi connectivity index (χ3v) is 2.42. The number of benzene rings is 1. The SMILES string of the molecule is C/C(=C/Cl)COc1c(Cl)cccc1C=O. The van der Waals surface area contributed by atoms with Crippen molar-refractivity contribution in [2.45, 2.75) is 6.92 Å². The smallest absolute Gasteiger partial charge is 0.153 e. The summed E-state index contributed by atoms with van der Waals surface area (Å²) in [6.07, 6.45) is 0.709. The normalized spacial score (nSPS) is 11.3. The Kier molecular flexibility index (Phi) is 4.66. The van der Waals surface area contributed by atoms with E-state index >= 15 is 0 Å². The van der Waals surface area contributed by atoms with Crippen LogP contribution in [0.5, 0.6) is 5.75 Å². The maximum Gasteiger partial charge on any atom is 0.153 e. The Morgan fingerprint density at radius 2 is 2.27 bits per heavy atom. The second kappa shape index (κ2) is 5.79. The molecule has 1 rings (SSSR count). The van der Waals surface area contributed by atoms with Gasteiger partial charge in [0.2, 0.25) is 0 Å². The maximum atomic E-state index is 10.7. The minimum atomic E-state index is 0.314. The molecule has 0 bridgehead atoms. The van der Waals surface area contributed by atoms with Gasteiger partial charge in [0.1, 0.15) is 12.4 Å². The highest BCUT2D eigenvalue weighted by Crippen LogP contribution is 2.27. The van der Waals surface area contributed by atoms with Crippen LogP contribution in [0.1, 0.15) is 17.3 Å². The van der Waals surface area contributed by atoms with Crippen molar-refractivity contribution in [1.82, 2.24) is 0 Å². The van der Waals surface area contributed by atoms with Gasteiger partial charge in [-0.15, -0.1) is 0 Å². The van der Waals surface area contributed by atoms with Gasteiger partial charge in [-0.2, -0.15) is 0 Å². The zero-order valence-electron chi connectivity index (χ0n) is 8.17. The zero-order valence-corrected chi connectivity index (χ0v) is 9.68. The molecule has 0 saturated carbocycles. The molecule has 1 aromatic carbocycles. The van der Waals surface area contributed by atoms with Crippen molar-refractivity contribution in [3.8, 4) is 5.75 Å². The van der Waals surface area contributed by atoms with E-state index in [2.05, 4.69) is 0 Å². The van der Waals surface area contributed by atoms with Crippen molar-refractivity contribution in [3.05, 3.63) is 39.9 Å². The fourth-order valence-corrected chi connectivity index (χ4v) is 1.29. The molecule has 0 amide bonds. The summed E-state index contributed by atoms with van der Waals surface area (Å²) in [7, 11) is 0. The molecule has 0 radical (unpaired) electrons. The summed E-state index contributed by atoms with van der Waals surface area (Å²) in [4.78, 5) is 10.7. The molecule has 15 heavy (non-hydrogen) atoms. The first-order valence-corrected chi connectivity index (χ1v) is 5.13. The second-order valence-corrected chi connectivity index (χ2v) is 3.65. The quantitative estimate of drug-likeness (QED) is 0.756. The van der Waals surface area contributed by atoms with E-state index in [1.165, 1.54) is 5.54 Å². The number of carbonyl (C=O) groups is 1. The van der Waals surface area contributed by atoms with E-state index in [4.69, 9.17) is 27.9 Å². The molecule has 0 spiro atoms. The molecular weight excluding hydrogens is 235 g/mol. The van der Waals surface area contributed by atoms with Crippen LogP contribution in [0.3, 0.4) is 0 Å². The fourth-order valence-electron chi connectivity index (χ4n) is 0.988. The highest BCUT2D eigenvalue weighted by Gasteiger charge is 2.07. The van der Waals surface area contributed by atoms with E-state index in [1.807, 2.05) is 6.92 Å². The molecule has 0 aliphatic rings. The van der Waals surface area contributed by atoms with Crippen molar-refractivity contribution >= 4 is 29.5 Å². The minimum absolute atomic E-state index is 0.314. The zero-order chi connectivity index (χ0) is 11.3. The number of para-hydroxylation sites is 1. The van der Waals surface area contributed by atoms with Gasteiger partial charge in [0.05, 0.1) is 10.6 Å². The lowest BCUT2D eigenvalue weighted by Gasteiger charge is -2.09. The van der Waals surface area contributed by atoms with Gasteiger partial charge in [0.15, 0.2) is 6.29 Å². The third kappa shape index (κ3) is 3.26. The topological polar surface area (TPSA) is 26.3 Å². The first-order valence-electron chi connectivity index (χ1n) is 4.31. The lowest BCUT2D eigenvalue weighted by Crippen LogP contribution is -2.01. The second-order valence-electron chi connectivity index (χ2n) is 3.02. The van der Waals surface area contributed by atoms with Crippen LogP contribution in [-0.4, -0.2) is 12.9 Å². The summed E-state index contributed by atoms with van der Waals surface area (Å²) < 4.78 is 5.40. The van der Waals surface area contributed by atoms with E-state index in [0.29, 0.717) is 29.2 Å². The van der Waals surface area contributed by atoms with Crippen LogP contribution in [0.2, 0.25) is 5.02 Å². The van der Waals surface area contributed by atoms with Crippen molar-refractivity contribution in [3.63, 3.8) is 0 Å². The van der Waals surface area contributed by atoms with E-state index < -0.39 is 0 Å². The standard InChI is InChI=1S/C11H10Cl2O2/c1-8(5-12)7-15-11-9(6-14)3-2-4-10(11)13/h2-6H,7H2,1H3/b8-5-. The lowest BCUT2D eigenvalue weighted by molar-refractivity contribution is 0.112. The lowest BCUT2D eigenvalue weighted by atomic mass is 10.2. The van der Waals surface area contributed by atoms with Crippen LogP contribution in [0.25, 0.3) is 0 Å². The Morgan fingerprint density at radius 3 is 2.87 bits per heavy atom. The first-order chi connectivity index (χ1) is 7.19. The molecule has 0 aromatic heterocycles. The molecule has 80 valence electrons. The number of aldehydes is 1. The molecular formula is C11H10Cl2O2. The predicted molar refractivity (Wildman–Crippen MR) is 61.9 cm³/mol. The molecule has 1 aromatic rings. The number of rotatable bonds is 4. The molecule has 0 aliphatic heterocycles. The first kappa shape index (κ1) is 12.1. The molecule has 0 atom stereocenters. The van der Waals surface area contributed by atoms with Gasteiger partial charge >= 0.3 is 0 Å². The molecule has 0 heterocycles. The minimum Gasteiger partial charge on any atom is -0.487 e. The Labute approximate surface area is 98.4 Å². The molecule has 0 saturated heterocycles. The number of hydrogen-bond acceptors (Lipinski definition) is 2. The van der Waals surface area contributed by atoms with Crippen molar-refractivity contribution in [2.75, 3.05) is 6.61 Å². The van der Waals surface area contributed by atoms with Gasteiger partial charge in [-0.25, -0.2) is 0 Å². The monoisotopic (exact) mass is 244 g/mol. The summed E-state index contributed by atoms with van der Waals surface area (Å²) in [6, 6.07) is 5.01. The highest BCUT2D eigenvalue weighted by atomic mass is 35.5. The van der Waals surface area contributed by atoms with Crippen LogP contribution in [0.4, 0.5) is 0 Å². The van der Waals surface area contributed by atoms with Gasteiger partial charge in [0, 0.05) is 5.54 Å². The molecule has 0 fully saturated rings. The summed E-state index contributed by atoms with van der Waals surface area (Å²) >= 11 is 11.4. The molecule has 0 N–H and O–H groups in total. The number of ether oxygens (including phenoxy) is 1. The Bertz CT molecular complexity index is 386. The summed E-state index contributed by atoms with van der Waals surface area (Å²) in [6.45, 7) is 2.14. The van der Waals surface area contributed by atoms with Crippen LogP contribution < -0.4 is 4.74 Å². The van der Waals surface area contributed by atoms with Crippen LogP contribution in [0, 0.1) is 0 Å². The molecule has 4 heteroatoms. The average Bonchev–Trinajstić information content (AvgIpc) is 2.26. The van der Waals surface area contributed by atoms with Crippen LogP contribution in [0.15, 0.2) is 29.3 Å². The Morgan fingerprint density at radius 1 is 1.53 bits per heavy atom. The maximum absolute atomic E-state index is 10.7. The number of hydrogen-bond donors (Lipinski definition) is 0. The summed E-state index contributed by atoms with van der Waals surface area (Å²) in [5.41, 5.74) is 2.72. The van der Waals surface area contributed by atoms with Crippen molar-refractivity contribution < 1.29 is 9.53 Å². The highest BCUT2D eigenvalue weighted by molar-refractivity contribution is 6.32. The predicted octanol–water partition coefficient (Wildman–Crippen LogP) is 3.67. The van der Waals surface area contributed by atoms with E-state index in [1.54, 1.807) is 18.2 Å². The molecule has 0 unspecified atom stereocenters. The molecule has 2 nitrogen and oxygen atoms in total. The number of halogens is 2. The van der Waals surface area contributed by atoms with Crippen LogP contribution in [-0.2, 0) is 0 Å². The van der Waals surface area contributed by atoms with E-state index in [9.17, 15) is 4.79 Å². The van der Waals surface area contributed by atoms with Crippen molar-refractivity contribution in [1.29, 1.82) is 0 Å². The van der Waals surface area contributed by atoms with Gasteiger partial charge in [-0.05, 0) is 24.6 Å². The van der Waals surface area contributed by atoms with E-state index in [-0.39, 0.29) is 0 Å². The van der Waals surface area contributed by atoms with E-state index in [0.717, 1.165) is 5.57 Å². The largest absolute Gasteiger partial charge is 0.487 e. The van der Waals surface area contributed by atoms with Gasteiger partial charge < -0.3 is 4.74 Å². The Balaban J connectivity index is 2.88. The Hall–Kier alpha value is -0.990. The third-order valence-electron chi connectivity index (χ3n) is 1.75. The van der Waals surface area contributed by atoms with Gasteiger partial charge in [-0.1, -0.05) is 29.3 Å². The summed E-state index contributed by atoms with van der Waals surface area (Å²) in [5, 5.41) is 0.418. The fraction of sp³-hybridized carbons (Fsp3) is 0.182. The summed E-state index contributed by atoms with van der Waals surface area (Å²) in [5.74, 6) is 0.395.